The van der Waals surface area contributed by atoms with Gasteiger partial charge in [0.15, 0.2) is 0 Å². The molecule has 0 bridgehead atoms. The molecule has 0 heterocycles. The highest BCUT2D eigenvalue weighted by molar-refractivity contribution is 6.88. The standard InChI is InChI=1S/C20H26N2O4Si/c1-26-16-9-5-14(6-10-16)19(22-18(24)13-23)20(25)21-15-7-11-17(12-8-15)27(2,3)4/h5-12,19,23H,13H2,1-4H3,(H,21,25)(H,22,24). The van der Waals surface area contributed by atoms with Gasteiger partial charge in [-0.05, 0) is 29.8 Å². The summed E-state index contributed by atoms with van der Waals surface area (Å²) in [6, 6.07) is 13.7. The number of anilines is 1. The summed E-state index contributed by atoms with van der Waals surface area (Å²) in [4.78, 5) is 24.4. The molecular formula is C20H26N2O4Si. The number of methoxy groups -OCH3 is 1. The van der Waals surface area contributed by atoms with Gasteiger partial charge >= 0.3 is 0 Å². The highest BCUT2D eigenvalue weighted by atomic mass is 28.3. The number of aliphatic hydroxyl groups is 1. The highest BCUT2D eigenvalue weighted by Gasteiger charge is 2.23. The highest BCUT2D eigenvalue weighted by Crippen LogP contribution is 2.20. The van der Waals surface area contributed by atoms with Crippen LogP contribution in [-0.2, 0) is 9.59 Å². The quantitative estimate of drug-likeness (QED) is 0.636. The largest absolute Gasteiger partial charge is 0.497 e. The summed E-state index contributed by atoms with van der Waals surface area (Å²) in [7, 11) is 0.137. The van der Waals surface area contributed by atoms with E-state index in [0.717, 1.165) is 0 Å². The van der Waals surface area contributed by atoms with Crippen molar-refractivity contribution in [1.82, 2.24) is 5.32 Å². The number of aliphatic hydroxyl groups excluding tert-OH is 1. The molecule has 0 aliphatic heterocycles. The van der Waals surface area contributed by atoms with Crippen molar-refractivity contribution in [3.05, 3.63) is 54.1 Å². The number of hydrogen-bond donors (Lipinski definition) is 3. The third-order valence-corrected chi connectivity index (χ3v) is 6.24. The summed E-state index contributed by atoms with van der Waals surface area (Å²) in [6.07, 6.45) is 0. The molecule has 2 aromatic rings. The van der Waals surface area contributed by atoms with E-state index in [1.54, 1.807) is 31.4 Å². The van der Waals surface area contributed by atoms with E-state index in [1.807, 2.05) is 24.3 Å². The van der Waals surface area contributed by atoms with E-state index in [1.165, 1.54) is 5.19 Å². The Morgan fingerprint density at radius 2 is 1.63 bits per heavy atom. The zero-order valence-electron chi connectivity index (χ0n) is 16.1. The van der Waals surface area contributed by atoms with E-state index < -0.39 is 26.6 Å². The molecule has 27 heavy (non-hydrogen) atoms. The lowest BCUT2D eigenvalue weighted by molar-refractivity contribution is -0.128. The first-order valence-electron chi connectivity index (χ1n) is 8.70. The van der Waals surface area contributed by atoms with E-state index in [4.69, 9.17) is 9.84 Å². The summed E-state index contributed by atoms with van der Waals surface area (Å²) < 4.78 is 5.12. The van der Waals surface area contributed by atoms with Crippen LogP contribution in [0, 0.1) is 0 Å². The minimum absolute atomic E-state index is 0.386. The lowest BCUT2D eigenvalue weighted by Gasteiger charge is -2.20. The Hall–Kier alpha value is -2.64. The zero-order chi connectivity index (χ0) is 20.0. The van der Waals surface area contributed by atoms with Gasteiger partial charge in [-0.3, -0.25) is 9.59 Å². The molecule has 0 aliphatic carbocycles. The molecule has 3 N–H and O–H groups in total. The molecule has 0 fully saturated rings. The van der Waals surface area contributed by atoms with Crippen molar-refractivity contribution in [2.24, 2.45) is 0 Å². The van der Waals surface area contributed by atoms with Crippen molar-refractivity contribution in [3.63, 3.8) is 0 Å². The molecule has 6 nitrogen and oxygen atoms in total. The smallest absolute Gasteiger partial charge is 0.251 e. The summed E-state index contributed by atoms with van der Waals surface area (Å²) in [5.74, 6) is -0.365. The van der Waals surface area contributed by atoms with Crippen LogP contribution in [0.2, 0.25) is 19.6 Å². The molecule has 0 saturated carbocycles. The average molecular weight is 387 g/mol. The number of carbonyl (C=O) groups is 2. The Balaban J connectivity index is 2.21. The monoisotopic (exact) mass is 386 g/mol. The number of amides is 2. The number of nitrogens with one attached hydrogen (secondary N) is 2. The number of hydrogen-bond acceptors (Lipinski definition) is 4. The molecule has 0 radical (unpaired) electrons. The Morgan fingerprint density at radius 3 is 2.11 bits per heavy atom. The van der Waals surface area contributed by atoms with Crippen LogP contribution in [-0.4, -0.2) is 38.7 Å². The molecule has 0 saturated heterocycles. The maximum absolute atomic E-state index is 12.8. The number of carbonyl (C=O) groups excluding carboxylic acids is 2. The van der Waals surface area contributed by atoms with Crippen LogP contribution in [0.5, 0.6) is 5.75 Å². The van der Waals surface area contributed by atoms with Gasteiger partial charge in [-0.2, -0.15) is 0 Å². The molecule has 2 aromatic carbocycles. The Labute approximate surface area is 160 Å². The summed E-state index contributed by atoms with van der Waals surface area (Å²) in [5, 5.41) is 15.7. The van der Waals surface area contributed by atoms with Gasteiger partial charge in [-0.15, -0.1) is 0 Å². The lowest BCUT2D eigenvalue weighted by Crippen LogP contribution is -2.39. The summed E-state index contributed by atoms with van der Waals surface area (Å²) in [5.41, 5.74) is 1.24. The molecular weight excluding hydrogens is 360 g/mol. The van der Waals surface area contributed by atoms with Crippen LogP contribution in [0.1, 0.15) is 11.6 Å². The molecule has 0 aliphatic rings. The van der Waals surface area contributed by atoms with Crippen LogP contribution in [0.4, 0.5) is 5.69 Å². The zero-order valence-corrected chi connectivity index (χ0v) is 17.1. The van der Waals surface area contributed by atoms with Crippen molar-refractivity contribution in [1.29, 1.82) is 0 Å². The van der Waals surface area contributed by atoms with E-state index in [0.29, 0.717) is 17.0 Å². The van der Waals surface area contributed by atoms with Gasteiger partial charge in [0.05, 0.1) is 15.2 Å². The predicted octanol–water partition coefficient (Wildman–Crippen LogP) is 2.03. The fourth-order valence-corrected chi connectivity index (χ4v) is 3.74. The van der Waals surface area contributed by atoms with E-state index in [-0.39, 0.29) is 5.91 Å². The van der Waals surface area contributed by atoms with Gasteiger partial charge in [0.1, 0.15) is 18.4 Å². The Morgan fingerprint density at radius 1 is 1.04 bits per heavy atom. The van der Waals surface area contributed by atoms with Crippen molar-refractivity contribution >= 4 is 30.8 Å². The van der Waals surface area contributed by atoms with Crippen LogP contribution < -0.4 is 20.6 Å². The third-order valence-electron chi connectivity index (χ3n) is 4.18. The third kappa shape index (κ3) is 5.67. The molecule has 2 rings (SSSR count). The van der Waals surface area contributed by atoms with Gasteiger partial charge in [0, 0.05) is 5.69 Å². The van der Waals surface area contributed by atoms with Gasteiger partial charge in [0.25, 0.3) is 5.91 Å². The van der Waals surface area contributed by atoms with Crippen molar-refractivity contribution in [2.75, 3.05) is 19.0 Å². The van der Waals surface area contributed by atoms with Crippen LogP contribution in [0.3, 0.4) is 0 Å². The van der Waals surface area contributed by atoms with E-state index >= 15 is 0 Å². The predicted molar refractivity (Wildman–Crippen MR) is 109 cm³/mol. The molecule has 144 valence electrons. The van der Waals surface area contributed by atoms with Gasteiger partial charge < -0.3 is 20.5 Å². The van der Waals surface area contributed by atoms with Crippen LogP contribution in [0.15, 0.2) is 48.5 Å². The maximum atomic E-state index is 12.8. The number of rotatable bonds is 7. The van der Waals surface area contributed by atoms with Gasteiger partial charge in [0.2, 0.25) is 5.91 Å². The van der Waals surface area contributed by atoms with Gasteiger partial charge in [-0.25, -0.2) is 0 Å². The van der Waals surface area contributed by atoms with Gasteiger partial charge in [-0.1, -0.05) is 49.1 Å². The first-order chi connectivity index (χ1) is 12.7. The second-order valence-electron chi connectivity index (χ2n) is 7.25. The summed E-state index contributed by atoms with van der Waals surface area (Å²) in [6.45, 7) is 6.07. The van der Waals surface area contributed by atoms with Crippen LogP contribution >= 0.6 is 0 Å². The average Bonchev–Trinajstić information content (AvgIpc) is 2.65. The minimum atomic E-state index is -1.42. The molecule has 1 atom stereocenters. The summed E-state index contributed by atoms with van der Waals surface area (Å²) >= 11 is 0. The fraction of sp³-hybridized carbons (Fsp3) is 0.300. The topological polar surface area (TPSA) is 87.7 Å². The number of benzene rings is 2. The van der Waals surface area contributed by atoms with Crippen molar-refractivity contribution < 1.29 is 19.4 Å². The molecule has 1 unspecified atom stereocenters. The Kier molecular flexibility index (Phi) is 6.76. The second kappa shape index (κ2) is 8.83. The van der Waals surface area contributed by atoms with Crippen molar-refractivity contribution in [2.45, 2.75) is 25.7 Å². The lowest BCUT2D eigenvalue weighted by atomic mass is 10.1. The SMILES string of the molecule is COc1ccc(C(NC(=O)CO)C(=O)Nc2ccc([Si](C)(C)C)cc2)cc1. The van der Waals surface area contributed by atoms with E-state index in [2.05, 4.69) is 30.3 Å². The first-order valence-corrected chi connectivity index (χ1v) is 12.2. The Bertz CT molecular complexity index is 783. The van der Waals surface area contributed by atoms with E-state index in [9.17, 15) is 9.59 Å². The van der Waals surface area contributed by atoms with Crippen LogP contribution in [0.25, 0.3) is 0 Å². The maximum Gasteiger partial charge on any atom is 0.251 e. The second-order valence-corrected chi connectivity index (χ2v) is 12.3. The fourth-order valence-electron chi connectivity index (χ4n) is 2.57. The molecule has 2 amide bonds. The molecule has 0 aromatic heterocycles. The normalized spacial score (nSPS) is 12.2. The molecule has 7 heteroatoms. The van der Waals surface area contributed by atoms with Crippen molar-refractivity contribution in [3.8, 4) is 5.75 Å². The first kappa shape index (κ1) is 20.7. The number of ether oxygens (including phenoxy) is 1. The molecule has 0 spiro atoms. The minimum Gasteiger partial charge on any atom is -0.497 e.